The molecule has 5 heteroatoms. The van der Waals surface area contributed by atoms with Crippen LogP contribution in [0.4, 0.5) is 0 Å². The quantitative estimate of drug-likeness (QED) is 0.249. The summed E-state index contributed by atoms with van der Waals surface area (Å²) in [6, 6.07) is 0. The second kappa shape index (κ2) is 13.2. The topological polar surface area (TPSA) is 65.0 Å². The number of rotatable bonds is 15. The summed E-state index contributed by atoms with van der Waals surface area (Å²) in [4.78, 5) is 11.5. The Morgan fingerprint density at radius 2 is 1.81 bits per heavy atom. The summed E-state index contributed by atoms with van der Waals surface area (Å²) in [7, 11) is 0. The van der Waals surface area contributed by atoms with E-state index in [9.17, 15) is 9.90 Å². The maximum atomic E-state index is 11.5. The fourth-order valence-electron chi connectivity index (χ4n) is 5.54. The van der Waals surface area contributed by atoms with Crippen LogP contribution in [0.15, 0.2) is 0 Å². The molecule has 0 aromatic carbocycles. The number of ether oxygens (including phenoxy) is 3. The highest BCUT2D eigenvalue weighted by atomic mass is 16.7. The van der Waals surface area contributed by atoms with Crippen molar-refractivity contribution in [3.8, 4) is 0 Å². The average molecular weight is 441 g/mol. The molecule has 1 saturated heterocycles. The number of hydrogen-bond donors (Lipinski definition) is 1. The standard InChI is InChI=1S/C26H48O5/c1-5-7-17-25(3,4)23(27)15-14-21-16-18-26(30-19-20-31-26)22(21)12-10-8-9-11-13-24(28)29-6-2/h21-23,27H,5-20H2,1-4H3/t21-,22+,23-/m0/s1. The second-order valence-electron chi connectivity index (χ2n) is 10.4. The summed E-state index contributed by atoms with van der Waals surface area (Å²) in [6.07, 6.45) is 13.1. The molecule has 2 aliphatic rings. The van der Waals surface area contributed by atoms with Gasteiger partial charge in [-0.05, 0) is 56.8 Å². The molecular formula is C26H48O5. The van der Waals surface area contributed by atoms with E-state index in [-0.39, 0.29) is 23.3 Å². The fraction of sp³-hybridized carbons (Fsp3) is 0.962. The van der Waals surface area contributed by atoms with Crippen LogP contribution in [0.25, 0.3) is 0 Å². The second-order valence-corrected chi connectivity index (χ2v) is 10.4. The van der Waals surface area contributed by atoms with Gasteiger partial charge in [0.05, 0.1) is 25.9 Å². The third kappa shape index (κ3) is 8.01. The lowest BCUT2D eigenvalue weighted by Crippen LogP contribution is -2.37. The molecule has 0 aromatic rings. The predicted molar refractivity (Wildman–Crippen MR) is 124 cm³/mol. The molecule has 1 saturated carbocycles. The Kier molecular flexibility index (Phi) is 11.3. The first-order valence-electron chi connectivity index (χ1n) is 13.0. The SMILES string of the molecule is CCCCC(C)(C)[C@@H](O)CC[C@H]1CCC2(OCCO2)[C@@H]1CCCCCCC(=O)OCC. The van der Waals surface area contributed by atoms with Crippen LogP contribution in [0, 0.1) is 17.3 Å². The molecular weight excluding hydrogens is 392 g/mol. The molecule has 5 nitrogen and oxygen atoms in total. The predicted octanol–water partition coefficient (Wildman–Crippen LogP) is 6.02. The first kappa shape index (κ1) is 26.6. The van der Waals surface area contributed by atoms with E-state index in [0.29, 0.717) is 38.1 Å². The third-order valence-corrected chi connectivity index (χ3v) is 7.61. The van der Waals surface area contributed by atoms with Crippen molar-refractivity contribution in [1.29, 1.82) is 0 Å². The minimum atomic E-state index is -0.377. The molecule has 1 N–H and O–H groups in total. The fourth-order valence-corrected chi connectivity index (χ4v) is 5.54. The van der Waals surface area contributed by atoms with Crippen molar-refractivity contribution in [3.63, 3.8) is 0 Å². The number of aliphatic hydroxyl groups excluding tert-OH is 1. The van der Waals surface area contributed by atoms with Crippen molar-refractivity contribution in [2.75, 3.05) is 19.8 Å². The van der Waals surface area contributed by atoms with Gasteiger partial charge in [0.2, 0.25) is 0 Å². The van der Waals surface area contributed by atoms with Crippen molar-refractivity contribution < 1.29 is 24.1 Å². The molecule has 1 aliphatic heterocycles. The van der Waals surface area contributed by atoms with Gasteiger partial charge >= 0.3 is 5.97 Å². The van der Waals surface area contributed by atoms with E-state index < -0.39 is 0 Å². The highest BCUT2D eigenvalue weighted by molar-refractivity contribution is 5.69. The molecule has 182 valence electrons. The molecule has 0 aromatic heterocycles. The van der Waals surface area contributed by atoms with Crippen LogP contribution in [-0.2, 0) is 19.0 Å². The molecule has 3 atom stereocenters. The zero-order valence-corrected chi connectivity index (χ0v) is 20.6. The van der Waals surface area contributed by atoms with Crippen molar-refractivity contribution in [2.45, 2.75) is 123 Å². The lowest BCUT2D eigenvalue weighted by atomic mass is 9.77. The van der Waals surface area contributed by atoms with Gasteiger partial charge in [-0.2, -0.15) is 0 Å². The molecule has 0 radical (unpaired) electrons. The van der Waals surface area contributed by atoms with Gasteiger partial charge < -0.3 is 19.3 Å². The Balaban J connectivity index is 1.80. The Labute approximate surface area is 190 Å². The van der Waals surface area contributed by atoms with E-state index >= 15 is 0 Å². The maximum absolute atomic E-state index is 11.5. The number of unbranched alkanes of at least 4 members (excludes halogenated alkanes) is 4. The molecule has 31 heavy (non-hydrogen) atoms. The molecule has 0 bridgehead atoms. The first-order valence-corrected chi connectivity index (χ1v) is 13.0. The van der Waals surface area contributed by atoms with E-state index in [2.05, 4.69) is 20.8 Å². The van der Waals surface area contributed by atoms with Crippen LogP contribution in [0.5, 0.6) is 0 Å². The van der Waals surface area contributed by atoms with Crippen LogP contribution < -0.4 is 0 Å². The van der Waals surface area contributed by atoms with Gasteiger partial charge in [-0.1, -0.05) is 52.9 Å². The van der Waals surface area contributed by atoms with Gasteiger partial charge in [0.1, 0.15) is 0 Å². The Hall–Kier alpha value is -0.650. The highest BCUT2D eigenvalue weighted by Gasteiger charge is 2.52. The van der Waals surface area contributed by atoms with E-state index in [1.54, 1.807) is 0 Å². The lowest BCUT2D eigenvalue weighted by Gasteiger charge is -2.34. The molecule has 1 heterocycles. The Morgan fingerprint density at radius 3 is 2.48 bits per heavy atom. The van der Waals surface area contributed by atoms with E-state index in [1.165, 1.54) is 12.8 Å². The van der Waals surface area contributed by atoms with E-state index in [1.807, 2.05) is 6.92 Å². The number of carbonyl (C=O) groups excluding carboxylic acids is 1. The summed E-state index contributed by atoms with van der Waals surface area (Å²) in [6.45, 7) is 10.4. The third-order valence-electron chi connectivity index (χ3n) is 7.61. The van der Waals surface area contributed by atoms with E-state index in [4.69, 9.17) is 14.2 Å². The van der Waals surface area contributed by atoms with Gasteiger partial charge in [-0.15, -0.1) is 0 Å². The molecule has 1 spiro atoms. The normalized spacial score (nSPS) is 24.0. The number of hydrogen-bond acceptors (Lipinski definition) is 5. The van der Waals surface area contributed by atoms with Crippen molar-refractivity contribution in [3.05, 3.63) is 0 Å². The van der Waals surface area contributed by atoms with Crippen LogP contribution in [-0.4, -0.2) is 42.8 Å². The van der Waals surface area contributed by atoms with Crippen LogP contribution in [0.2, 0.25) is 0 Å². The van der Waals surface area contributed by atoms with Crippen LogP contribution in [0.1, 0.15) is 111 Å². The maximum Gasteiger partial charge on any atom is 0.305 e. The Morgan fingerprint density at radius 1 is 1.10 bits per heavy atom. The van der Waals surface area contributed by atoms with Crippen molar-refractivity contribution in [1.82, 2.24) is 0 Å². The van der Waals surface area contributed by atoms with Crippen LogP contribution in [0.3, 0.4) is 0 Å². The van der Waals surface area contributed by atoms with Gasteiger partial charge in [0.15, 0.2) is 5.79 Å². The van der Waals surface area contributed by atoms with Crippen molar-refractivity contribution in [2.24, 2.45) is 17.3 Å². The summed E-state index contributed by atoms with van der Waals surface area (Å²) >= 11 is 0. The summed E-state index contributed by atoms with van der Waals surface area (Å²) in [5.74, 6) is 0.531. The van der Waals surface area contributed by atoms with Gasteiger partial charge in [-0.3, -0.25) is 4.79 Å². The van der Waals surface area contributed by atoms with Crippen LogP contribution >= 0.6 is 0 Å². The smallest absolute Gasteiger partial charge is 0.305 e. The summed E-state index contributed by atoms with van der Waals surface area (Å²) < 4.78 is 17.3. The summed E-state index contributed by atoms with van der Waals surface area (Å²) in [5.41, 5.74) is -0.0128. The summed E-state index contributed by atoms with van der Waals surface area (Å²) in [5, 5.41) is 10.9. The van der Waals surface area contributed by atoms with Crippen molar-refractivity contribution >= 4 is 5.97 Å². The number of carbonyl (C=O) groups is 1. The zero-order valence-electron chi connectivity index (χ0n) is 20.6. The largest absolute Gasteiger partial charge is 0.466 e. The minimum Gasteiger partial charge on any atom is -0.466 e. The zero-order chi connectivity index (χ0) is 22.7. The number of esters is 1. The van der Waals surface area contributed by atoms with Gasteiger partial charge in [-0.25, -0.2) is 0 Å². The monoisotopic (exact) mass is 440 g/mol. The minimum absolute atomic E-state index is 0.0128. The molecule has 2 rings (SSSR count). The average Bonchev–Trinajstić information content (AvgIpc) is 3.35. The molecule has 0 unspecified atom stereocenters. The molecule has 1 aliphatic carbocycles. The first-order chi connectivity index (χ1) is 14.8. The molecule has 0 amide bonds. The van der Waals surface area contributed by atoms with E-state index in [0.717, 1.165) is 64.2 Å². The molecule has 2 fully saturated rings. The Bertz CT molecular complexity index is 512. The number of aliphatic hydroxyl groups is 1. The highest BCUT2D eigenvalue weighted by Crippen LogP contribution is 2.50. The van der Waals surface area contributed by atoms with Gasteiger partial charge in [0.25, 0.3) is 0 Å². The lowest BCUT2D eigenvalue weighted by molar-refractivity contribution is -0.188. The van der Waals surface area contributed by atoms with Gasteiger partial charge in [0, 0.05) is 18.8 Å².